The second kappa shape index (κ2) is 5.96. The molecule has 0 aliphatic carbocycles. The molecule has 0 radical (unpaired) electrons. The van der Waals surface area contributed by atoms with E-state index in [1.165, 1.54) is 24.3 Å². The van der Waals surface area contributed by atoms with E-state index in [0.29, 0.717) is 17.2 Å². The molecular formula is C13H10F3N3OS. The summed E-state index contributed by atoms with van der Waals surface area (Å²) in [6, 6.07) is 10.3. The Kier molecular flexibility index (Phi) is 4.27. The molecule has 1 aromatic heterocycles. The van der Waals surface area contributed by atoms with Crippen molar-refractivity contribution >= 4 is 28.7 Å². The van der Waals surface area contributed by atoms with E-state index in [9.17, 15) is 13.2 Å². The van der Waals surface area contributed by atoms with Crippen LogP contribution in [0, 0.1) is 0 Å². The molecule has 0 aliphatic heterocycles. The molecule has 0 bridgehead atoms. The van der Waals surface area contributed by atoms with Crippen molar-refractivity contribution in [2.75, 3.05) is 5.32 Å². The molecular weight excluding hydrogens is 303 g/mol. The number of halogens is 3. The summed E-state index contributed by atoms with van der Waals surface area (Å²) < 4.78 is 39.9. The lowest BCUT2D eigenvalue weighted by molar-refractivity contribution is -0.274. The summed E-state index contributed by atoms with van der Waals surface area (Å²) in [6.45, 7) is 0. The molecule has 3 N–H and O–H groups in total. The third-order valence-electron chi connectivity index (χ3n) is 2.36. The highest BCUT2D eigenvalue weighted by Gasteiger charge is 2.30. The van der Waals surface area contributed by atoms with Crippen molar-refractivity contribution in [2.24, 2.45) is 5.73 Å². The van der Waals surface area contributed by atoms with Crippen LogP contribution in [-0.4, -0.2) is 16.3 Å². The third-order valence-corrected chi connectivity index (χ3v) is 2.57. The standard InChI is InChI=1S/C13H10F3N3OS/c14-13(15,16)20-9-6-4-8(5-7-9)18-11-3-1-2-10(19-11)12(17)21/h1-7H,(H2,17,21)(H,18,19). The second-order valence-corrected chi connectivity index (χ2v) is 4.41. The molecule has 2 rings (SSSR count). The number of ether oxygens (including phenoxy) is 1. The molecule has 0 atom stereocenters. The number of hydrogen-bond acceptors (Lipinski definition) is 4. The van der Waals surface area contributed by atoms with Gasteiger partial charge in [0.2, 0.25) is 0 Å². The Morgan fingerprint density at radius 2 is 1.81 bits per heavy atom. The fourth-order valence-corrected chi connectivity index (χ4v) is 1.64. The Balaban J connectivity index is 2.10. The zero-order valence-corrected chi connectivity index (χ0v) is 11.3. The highest BCUT2D eigenvalue weighted by Crippen LogP contribution is 2.24. The van der Waals surface area contributed by atoms with Crippen molar-refractivity contribution in [1.29, 1.82) is 0 Å². The molecule has 0 saturated heterocycles. The van der Waals surface area contributed by atoms with Gasteiger partial charge in [-0.05, 0) is 36.4 Å². The van der Waals surface area contributed by atoms with Gasteiger partial charge >= 0.3 is 6.36 Å². The van der Waals surface area contributed by atoms with Gasteiger partial charge in [0, 0.05) is 5.69 Å². The van der Waals surface area contributed by atoms with E-state index in [2.05, 4.69) is 15.0 Å². The van der Waals surface area contributed by atoms with Crippen LogP contribution in [0.25, 0.3) is 0 Å². The molecule has 1 heterocycles. The SMILES string of the molecule is NC(=S)c1cccc(Nc2ccc(OC(F)(F)F)cc2)n1. The molecule has 0 aliphatic rings. The third kappa shape index (κ3) is 4.60. The van der Waals surface area contributed by atoms with Gasteiger partial charge in [0.15, 0.2) is 0 Å². The van der Waals surface area contributed by atoms with Gasteiger partial charge in [-0.3, -0.25) is 0 Å². The molecule has 0 amide bonds. The summed E-state index contributed by atoms with van der Waals surface area (Å²) in [4.78, 5) is 4.32. The molecule has 110 valence electrons. The fourth-order valence-electron chi connectivity index (χ4n) is 1.53. The van der Waals surface area contributed by atoms with Gasteiger partial charge < -0.3 is 15.8 Å². The number of hydrogen-bond donors (Lipinski definition) is 2. The molecule has 4 nitrogen and oxygen atoms in total. The summed E-state index contributed by atoms with van der Waals surface area (Å²) in [5.41, 5.74) is 6.48. The summed E-state index contributed by atoms with van der Waals surface area (Å²) in [7, 11) is 0. The van der Waals surface area contributed by atoms with E-state index >= 15 is 0 Å². The van der Waals surface area contributed by atoms with Gasteiger partial charge in [0.05, 0.1) is 5.69 Å². The van der Waals surface area contributed by atoms with Gasteiger partial charge in [-0.25, -0.2) is 4.98 Å². The van der Waals surface area contributed by atoms with E-state index in [1.807, 2.05) is 0 Å². The van der Waals surface area contributed by atoms with Crippen molar-refractivity contribution in [3.05, 3.63) is 48.2 Å². The Hall–Kier alpha value is -2.35. The number of aromatic nitrogens is 1. The van der Waals surface area contributed by atoms with Crippen molar-refractivity contribution in [3.63, 3.8) is 0 Å². The van der Waals surface area contributed by atoms with Crippen LogP contribution in [0.1, 0.15) is 5.69 Å². The lowest BCUT2D eigenvalue weighted by atomic mass is 10.3. The Morgan fingerprint density at radius 1 is 1.14 bits per heavy atom. The minimum atomic E-state index is -4.71. The Bertz CT molecular complexity index is 644. The average molecular weight is 313 g/mol. The average Bonchev–Trinajstić information content (AvgIpc) is 2.40. The van der Waals surface area contributed by atoms with Crippen LogP contribution >= 0.6 is 12.2 Å². The number of nitrogens with zero attached hydrogens (tertiary/aromatic N) is 1. The zero-order chi connectivity index (χ0) is 15.5. The molecule has 0 saturated carbocycles. The summed E-state index contributed by atoms with van der Waals surface area (Å²) in [5, 5.41) is 2.93. The van der Waals surface area contributed by atoms with Crippen LogP contribution in [0.5, 0.6) is 5.75 Å². The number of alkyl halides is 3. The van der Waals surface area contributed by atoms with Crippen LogP contribution in [0.3, 0.4) is 0 Å². The molecule has 1 aromatic carbocycles. The second-order valence-electron chi connectivity index (χ2n) is 3.97. The maximum Gasteiger partial charge on any atom is 0.573 e. The molecule has 8 heteroatoms. The minimum absolute atomic E-state index is 0.160. The maximum atomic E-state index is 12.0. The first-order valence-corrected chi connectivity index (χ1v) is 6.14. The number of rotatable bonds is 4. The number of benzene rings is 1. The first-order chi connectivity index (χ1) is 9.83. The van der Waals surface area contributed by atoms with Crippen molar-refractivity contribution < 1.29 is 17.9 Å². The molecule has 0 fully saturated rings. The fraction of sp³-hybridized carbons (Fsp3) is 0.0769. The van der Waals surface area contributed by atoms with Crippen LogP contribution in [0.4, 0.5) is 24.7 Å². The normalized spacial score (nSPS) is 11.0. The van der Waals surface area contributed by atoms with Gasteiger partial charge in [0.1, 0.15) is 16.6 Å². The van der Waals surface area contributed by atoms with E-state index in [-0.39, 0.29) is 10.7 Å². The molecule has 0 unspecified atom stereocenters. The first kappa shape index (κ1) is 15.0. The quantitative estimate of drug-likeness (QED) is 0.848. The largest absolute Gasteiger partial charge is 0.573 e. The van der Waals surface area contributed by atoms with E-state index < -0.39 is 6.36 Å². The van der Waals surface area contributed by atoms with Crippen LogP contribution in [0.2, 0.25) is 0 Å². The summed E-state index contributed by atoms with van der Waals surface area (Å²) >= 11 is 4.82. The topological polar surface area (TPSA) is 60.2 Å². The van der Waals surface area contributed by atoms with Crippen molar-refractivity contribution in [3.8, 4) is 5.75 Å². The number of anilines is 2. The Morgan fingerprint density at radius 3 is 2.38 bits per heavy atom. The monoisotopic (exact) mass is 313 g/mol. The van der Waals surface area contributed by atoms with Gasteiger partial charge in [-0.2, -0.15) is 0 Å². The van der Waals surface area contributed by atoms with Gasteiger partial charge in [0.25, 0.3) is 0 Å². The molecule has 2 aromatic rings. The minimum Gasteiger partial charge on any atom is -0.406 e. The number of thiocarbonyl (C=S) groups is 1. The van der Waals surface area contributed by atoms with Crippen LogP contribution in [-0.2, 0) is 0 Å². The summed E-state index contributed by atoms with van der Waals surface area (Å²) in [6.07, 6.45) is -4.71. The lowest BCUT2D eigenvalue weighted by Gasteiger charge is -2.10. The van der Waals surface area contributed by atoms with Crippen molar-refractivity contribution in [2.45, 2.75) is 6.36 Å². The molecule has 21 heavy (non-hydrogen) atoms. The number of pyridine rings is 1. The van der Waals surface area contributed by atoms with Crippen molar-refractivity contribution in [1.82, 2.24) is 4.98 Å². The zero-order valence-electron chi connectivity index (χ0n) is 10.5. The van der Waals surface area contributed by atoms with E-state index in [4.69, 9.17) is 18.0 Å². The van der Waals surface area contributed by atoms with E-state index in [0.717, 1.165) is 0 Å². The van der Waals surface area contributed by atoms with Crippen LogP contribution < -0.4 is 15.8 Å². The Labute approximate surface area is 123 Å². The summed E-state index contributed by atoms with van der Waals surface area (Å²) in [5.74, 6) is 0.183. The number of nitrogens with one attached hydrogen (secondary N) is 1. The van der Waals surface area contributed by atoms with Gasteiger partial charge in [-0.1, -0.05) is 18.3 Å². The predicted molar refractivity (Wildman–Crippen MR) is 76.5 cm³/mol. The highest BCUT2D eigenvalue weighted by molar-refractivity contribution is 7.80. The van der Waals surface area contributed by atoms with Gasteiger partial charge in [-0.15, -0.1) is 13.2 Å². The molecule has 0 spiro atoms. The van der Waals surface area contributed by atoms with Crippen LogP contribution in [0.15, 0.2) is 42.5 Å². The smallest absolute Gasteiger partial charge is 0.406 e. The highest BCUT2D eigenvalue weighted by atomic mass is 32.1. The lowest BCUT2D eigenvalue weighted by Crippen LogP contribution is -2.17. The first-order valence-electron chi connectivity index (χ1n) is 5.73. The van der Waals surface area contributed by atoms with E-state index in [1.54, 1.807) is 18.2 Å². The number of nitrogens with two attached hydrogens (primary N) is 1. The maximum absolute atomic E-state index is 12.0. The predicted octanol–water partition coefficient (Wildman–Crippen LogP) is 3.36.